The molecule has 0 spiro atoms. The summed E-state index contributed by atoms with van der Waals surface area (Å²) in [7, 11) is 1.52. The van der Waals surface area contributed by atoms with Crippen LogP contribution in [0, 0.1) is 0 Å². The molecule has 0 saturated carbocycles. The number of hydrogen-bond acceptors (Lipinski definition) is 5. The zero-order valence-electron chi connectivity index (χ0n) is 16.0. The minimum atomic E-state index is -0.864. The van der Waals surface area contributed by atoms with Crippen LogP contribution in [0.3, 0.4) is 0 Å². The number of ether oxygens (including phenoxy) is 2. The molecule has 7 heteroatoms. The summed E-state index contributed by atoms with van der Waals surface area (Å²) in [6.45, 7) is 8.09. The third-order valence-electron chi connectivity index (χ3n) is 3.69. The second kappa shape index (κ2) is 9.91. The fourth-order valence-corrected chi connectivity index (χ4v) is 2.07. The predicted octanol–water partition coefficient (Wildman–Crippen LogP) is 1.41. The number of carbonyl (C=O) groups excluding carboxylic acids is 3. The van der Waals surface area contributed by atoms with E-state index in [9.17, 15) is 14.4 Å². The lowest BCUT2D eigenvalue weighted by molar-refractivity contribution is -0.150. The lowest BCUT2D eigenvalue weighted by Crippen LogP contribution is -2.41. The molecule has 144 valence electrons. The van der Waals surface area contributed by atoms with Gasteiger partial charge in [0.25, 0.3) is 11.8 Å². The summed E-state index contributed by atoms with van der Waals surface area (Å²) in [4.78, 5) is 35.6. The molecule has 1 aromatic rings. The highest BCUT2D eigenvalue weighted by Crippen LogP contribution is 2.22. The fourth-order valence-electron chi connectivity index (χ4n) is 2.07. The summed E-state index contributed by atoms with van der Waals surface area (Å²) in [6.07, 6.45) is 0. The molecular formula is C19H28N2O5. The minimum Gasteiger partial charge on any atom is -0.454 e. The number of nitrogens with one attached hydrogen (secondary N) is 2. The number of carbonyl (C=O) groups is 3. The van der Waals surface area contributed by atoms with Gasteiger partial charge in [0.15, 0.2) is 6.61 Å². The van der Waals surface area contributed by atoms with Crippen LogP contribution in [0.4, 0.5) is 0 Å². The smallest absolute Gasteiger partial charge is 0.328 e. The molecule has 2 amide bonds. The van der Waals surface area contributed by atoms with Crippen molar-refractivity contribution < 1.29 is 23.9 Å². The SMILES string of the molecule is COCCNC(=O)COC(=O)[C@H](C)NC(=O)c1ccc(C(C)(C)C)cc1. The standard InChI is InChI=1S/C19H28N2O5/c1-13(18(24)26-12-16(22)20-10-11-25-5)21-17(23)14-6-8-15(9-7-14)19(2,3)4/h6-9,13H,10-12H2,1-5H3,(H,20,22)(H,21,23)/t13-/m0/s1. The average molecular weight is 364 g/mol. The number of benzene rings is 1. The molecule has 0 bridgehead atoms. The molecule has 0 aliphatic carbocycles. The van der Waals surface area contributed by atoms with Crippen LogP contribution in [0.25, 0.3) is 0 Å². The summed E-state index contributed by atoms with van der Waals surface area (Å²) in [6, 6.07) is 6.36. The highest BCUT2D eigenvalue weighted by Gasteiger charge is 2.20. The van der Waals surface area contributed by atoms with Gasteiger partial charge >= 0.3 is 5.97 Å². The normalized spacial score (nSPS) is 12.2. The number of hydrogen-bond donors (Lipinski definition) is 2. The first-order valence-corrected chi connectivity index (χ1v) is 8.49. The Kier molecular flexibility index (Phi) is 8.25. The first kappa shape index (κ1) is 21.6. The van der Waals surface area contributed by atoms with E-state index >= 15 is 0 Å². The third-order valence-corrected chi connectivity index (χ3v) is 3.69. The van der Waals surface area contributed by atoms with E-state index < -0.39 is 24.5 Å². The van der Waals surface area contributed by atoms with Gasteiger partial charge in [-0.3, -0.25) is 9.59 Å². The van der Waals surface area contributed by atoms with Crippen LogP contribution >= 0.6 is 0 Å². The first-order chi connectivity index (χ1) is 12.1. The zero-order chi connectivity index (χ0) is 19.7. The van der Waals surface area contributed by atoms with Gasteiger partial charge in [-0.1, -0.05) is 32.9 Å². The van der Waals surface area contributed by atoms with Gasteiger partial charge in [0.1, 0.15) is 6.04 Å². The number of rotatable bonds is 8. The lowest BCUT2D eigenvalue weighted by Gasteiger charge is -2.19. The maximum atomic E-state index is 12.2. The van der Waals surface area contributed by atoms with Gasteiger partial charge < -0.3 is 20.1 Å². The summed E-state index contributed by atoms with van der Waals surface area (Å²) >= 11 is 0. The van der Waals surface area contributed by atoms with Gasteiger partial charge in [0, 0.05) is 19.2 Å². The molecule has 1 aromatic carbocycles. The van der Waals surface area contributed by atoms with Crippen LogP contribution in [-0.4, -0.2) is 50.7 Å². The zero-order valence-corrected chi connectivity index (χ0v) is 16.0. The van der Waals surface area contributed by atoms with Gasteiger partial charge in [-0.2, -0.15) is 0 Å². The van der Waals surface area contributed by atoms with E-state index in [-0.39, 0.29) is 11.3 Å². The van der Waals surface area contributed by atoms with Crippen LogP contribution < -0.4 is 10.6 Å². The van der Waals surface area contributed by atoms with Crippen molar-refractivity contribution in [1.29, 1.82) is 0 Å². The van der Waals surface area contributed by atoms with Crippen molar-refractivity contribution in [3.8, 4) is 0 Å². The first-order valence-electron chi connectivity index (χ1n) is 8.49. The Bertz CT molecular complexity index is 620. The van der Waals surface area contributed by atoms with Gasteiger partial charge in [0.05, 0.1) is 6.61 Å². The van der Waals surface area contributed by atoms with E-state index in [4.69, 9.17) is 9.47 Å². The predicted molar refractivity (Wildman–Crippen MR) is 97.9 cm³/mol. The Morgan fingerprint density at radius 2 is 1.73 bits per heavy atom. The summed E-state index contributed by atoms with van der Waals surface area (Å²) in [5.74, 6) is -1.47. The van der Waals surface area contributed by atoms with Crippen LogP contribution in [0.15, 0.2) is 24.3 Å². The van der Waals surface area contributed by atoms with Crippen molar-refractivity contribution in [3.05, 3.63) is 35.4 Å². The second-order valence-electron chi connectivity index (χ2n) is 6.97. The van der Waals surface area contributed by atoms with Gasteiger partial charge in [-0.05, 0) is 30.0 Å². The van der Waals surface area contributed by atoms with Crippen molar-refractivity contribution in [2.24, 2.45) is 0 Å². The van der Waals surface area contributed by atoms with Crippen molar-refractivity contribution in [2.75, 3.05) is 26.9 Å². The maximum absolute atomic E-state index is 12.2. The van der Waals surface area contributed by atoms with Crippen LogP contribution in [0.5, 0.6) is 0 Å². The molecule has 0 aromatic heterocycles. The molecule has 0 radical (unpaired) electrons. The highest BCUT2D eigenvalue weighted by molar-refractivity contribution is 5.96. The molecule has 0 fully saturated rings. The molecule has 1 atom stereocenters. The number of esters is 1. The Hall–Kier alpha value is -2.41. The fraction of sp³-hybridized carbons (Fsp3) is 0.526. The molecule has 1 rings (SSSR count). The van der Waals surface area contributed by atoms with Crippen molar-refractivity contribution >= 4 is 17.8 Å². The maximum Gasteiger partial charge on any atom is 0.328 e. The van der Waals surface area contributed by atoms with Crippen LogP contribution in [-0.2, 0) is 24.5 Å². The van der Waals surface area contributed by atoms with E-state index in [0.717, 1.165) is 5.56 Å². The van der Waals surface area contributed by atoms with E-state index in [0.29, 0.717) is 18.7 Å². The van der Waals surface area contributed by atoms with Crippen LogP contribution in [0.1, 0.15) is 43.6 Å². The van der Waals surface area contributed by atoms with Crippen molar-refractivity contribution in [2.45, 2.75) is 39.2 Å². The Morgan fingerprint density at radius 1 is 1.12 bits per heavy atom. The molecule has 26 heavy (non-hydrogen) atoms. The Balaban J connectivity index is 2.48. The highest BCUT2D eigenvalue weighted by atomic mass is 16.5. The second-order valence-corrected chi connectivity index (χ2v) is 6.97. The molecule has 0 unspecified atom stereocenters. The molecule has 0 aliphatic rings. The number of amides is 2. The molecule has 0 heterocycles. The van der Waals surface area contributed by atoms with Crippen molar-refractivity contribution in [3.63, 3.8) is 0 Å². The Labute approximate surface area is 154 Å². The van der Waals surface area contributed by atoms with Gasteiger partial charge in [0.2, 0.25) is 0 Å². The number of methoxy groups -OCH3 is 1. The minimum absolute atomic E-state index is 0.00404. The van der Waals surface area contributed by atoms with E-state index in [1.807, 2.05) is 12.1 Å². The van der Waals surface area contributed by atoms with Gasteiger partial charge in [-0.15, -0.1) is 0 Å². The summed E-state index contributed by atoms with van der Waals surface area (Å²) < 4.78 is 9.69. The van der Waals surface area contributed by atoms with E-state index in [1.165, 1.54) is 14.0 Å². The largest absolute Gasteiger partial charge is 0.454 e. The lowest BCUT2D eigenvalue weighted by atomic mass is 9.86. The molecule has 2 N–H and O–H groups in total. The molecule has 0 saturated heterocycles. The topological polar surface area (TPSA) is 93.7 Å². The molecule has 7 nitrogen and oxygen atoms in total. The van der Waals surface area contributed by atoms with Crippen LogP contribution in [0.2, 0.25) is 0 Å². The molecule has 0 aliphatic heterocycles. The average Bonchev–Trinajstić information content (AvgIpc) is 2.59. The quantitative estimate of drug-likeness (QED) is 0.537. The van der Waals surface area contributed by atoms with Gasteiger partial charge in [-0.25, -0.2) is 4.79 Å². The van der Waals surface area contributed by atoms with Crippen molar-refractivity contribution in [1.82, 2.24) is 10.6 Å². The van der Waals surface area contributed by atoms with E-state index in [1.54, 1.807) is 12.1 Å². The Morgan fingerprint density at radius 3 is 2.27 bits per heavy atom. The van der Waals surface area contributed by atoms with E-state index in [2.05, 4.69) is 31.4 Å². The molecular weight excluding hydrogens is 336 g/mol. The monoisotopic (exact) mass is 364 g/mol. The summed E-state index contributed by atoms with van der Waals surface area (Å²) in [5, 5.41) is 5.10. The summed E-state index contributed by atoms with van der Waals surface area (Å²) in [5.41, 5.74) is 1.56. The third kappa shape index (κ3) is 7.23.